The molecule has 6 nitrogen and oxygen atoms in total. The van der Waals surface area contributed by atoms with E-state index in [1.54, 1.807) is 6.20 Å². The number of morpholine rings is 1. The van der Waals surface area contributed by atoms with Crippen molar-refractivity contribution < 1.29 is 9.53 Å². The first-order chi connectivity index (χ1) is 8.66. The van der Waals surface area contributed by atoms with E-state index in [0.717, 1.165) is 32.0 Å². The minimum absolute atomic E-state index is 0.356. The number of amides is 1. The van der Waals surface area contributed by atoms with Crippen LogP contribution in [0.5, 0.6) is 0 Å². The van der Waals surface area contributed by atoms with E-state index >= 15 is 0 Å². The Hall–Kier alpha value is -1.37. The Labute approximate surface area is 106 Å². The van der Waals surface area contributed by atoms with Gasteiger partial charge in [0, 0.05) is 44.6 Å². The maximum Gasteiger partial charge on any atom is 0.250 e. The van der Waals surface area contributed by atoms with Crippen LogP contribution in [0.2, 0.25) is 0 Å². The van der Waals surface area contributed by atoms with Crippen molar-refractivity contribution >= 4 is 5.91 Å². The molecule has 1 aliphatic rings. The first-order valence-electron chi connectivity index (χ1n) is 6.13. The Morgan fingerprint density at radius 2 is 2.56 bits per heavy atom. The fourth-order valence-corrected chi connectivity index (χ4v) is 2.05. The first-order valence-corrected chi connectivity index (χ1v) is 6.13. The summed E-state index contributed by atoms with van der Waals surface area (Å²) in [7, 11) is 1.91. The summed E-state index contributed by atoms with van der Waals surface area (Å²) in [5.74, 6) is -0.390. The normalized spacial score (nSPS) is 19.9. The van der Waals surface area contributed by atoms with Crippen LogP contribution in [0.25, 0.3) is 0 Å². The van der Waals surface area contributed by atoms with Crippen molar-refractivity contribution in [3.8, 4) is 0 Å². The van der Waals surface area contributed by atoms with Gasteiger partial charge in [-0.2, -0.15) is 0 Å². The predicted molar refractivity (Wildman–Crippen MR) is 68.2 cm³/mol. The molecule has 1 atom stereocenters. The molecule has 0 aromatic carbocycles. The summed E-state index contributed by atoms with van der Waals surface area (Å²) >= 11 is 0. The van der Waals surface area contributed by atoms with Gasteiger partial charge in [-0.1, -0.05) is 0 Å². The van der Waals surface area contributed by atoms with Gasteiger partial charge >= 0.3 is 0 Å². The molecule has 1 aromatic heterocycles. The molecule has 1 aromatic rings. The van der Waals surface area contributed by atoms with Crippen molar-refractivity contribution in [2.24, 2.45) is 12.8 Å². The van der Waals surface area contributed by atoms with Crippen molar-refractivity contribution in [1.29, 1.82) is 0 Å². The van der Waals surface area contributed by atoms with E-state index in [1.165, 1.54) is 0 Å². The zero-order valence-electron chi connectivity index (χ0n) is 10.6. The highest BCUT2D eigenvalue weighted by Crippen LogP contribution is 2.06. The molecule has 100 valence electrons. The highest BCUT2D eigenvalue weighted by molar-refractivity contribution is 5.92. The molecule has 0 bridgehead atoms. The minimum Gasteiger partial charge on any atom is -0.378 e. The fraction of sp³-hybridized carbons (Fsp3) is 0.583. The molecule has 0 spiro atoms. The van der Waals surface area contributed by atoms with Crippen LogP contribution in [-0.2, 0) is 18.3 Å². The largest absolute Gasteiger partial charge is 0.378 e. The number of nitrogens with two attached hydrogens (primary N) is 1. The van der Waals surface area contributed by atoms with Crippen LogP contribution >= 0.6 is 0 Å². The third-order valence-electron chi connectivity index (χ3n) is 3.09. The summed E-state index contributed by atoms with van der Waals surface area (Å²) in [6, 6.07) is 2.18. The summed E-state index contributed by atoms with van der Waals surface area (Å²) < 4.78 is 7.29. The number of carbonyl (C=O) groups excluding carboxylic acids is 1. The Kier molecular flexibility index (Phi) is 4.35. The zero-order chi connectivity index (χ0) is 13.0. The Morgan fingerprint density at radius 3 is 3.17 bits per heavy atom. The van der Waals surface area contributed by atoms with Gasteiger partial charge in [0.2, 0.25) is 5.91 Å². The second-order valence-electron chi connectivity index (χ2n) is 4.55. The van der Waals surface area contributed by atoms with Gasteiger partial charge < -0.3 is 25.7 Å². The van der Waals surface area contributed by atoms with Gasteiger partial charge in [0.15, 0.2) is 0 Å². The maximum absolute atomic E-state index is 11.0. The number of rotatable bonds is 5. The van der Waals surface area contributed by atoms with Crippen LogP contribution in [-0.4, -0.2) is 42.8 Å². The molecule has 2 heterocycles. The molecule has 2 rings (SSSR count). The van der Waals surface area contributed by atoms with Gasteiger partial charge in [-0.05, 0) is 6.07 Å². The first kappa shape index (κ1) is 13.1. The monoisotopic (exact) mass is 252 g/mol. The average Bonchev–Trinajstić information content (AvgIpc) is 2.73. The van der Waals surface area contributed by atoms with Gasteiger partial charge in [-0.15, -0.1) is 0 Å². The van der Waals surface area contributed by atoms with E-state index in [2.05, 4.69) is 10.6 Å². The minimum atomic E-state index is -0.390. The Morgan fingerprint density at radius 1 is 1.72 bits per heavy atom. The second kappa shape index (κ2) is 5.99. The van der Waals surface area contributed by atoms with Crippen LogP contribution in [0.4, 0.5) is 0 Å². The quantitative estimate of drug-likeness (QED) is 0.641. The van der Waals surface area contributed by atoms with Crippen molar-refractivity contribution in [3.63, 3.8) is 0 Å². The molecular formula is C12H20N4O2. The number of aromatic nitrogens is 1. The van der Waals surface area contributed by atoms with Crippen LogP contribution in [0.3, 0.4) is 0 Å². The third kappa shape index (κ3) is 3.32. The summed E-state index contributed by atoms with van der Waals surface area (Å²) in [6.07, 6.45) is 1.75. The maximum atomic E-state index is 11.0. The molecule has 4 N–H and O–H groups in total. The average molecular weight is 252 g/mol. The van der Waals surface area contributed by atoms with Gasteiger partial charge in [-0.3, -0.25) is 4.79 Å². The van der Waals surface area contributed by atoms with Gasteiger partial charge in [-0.25, -0.2) is 0 Å². The lowest BCUT2D eigenvalue weighted by Crippen LogP contribution is -2.47. The van der Waals surface area contributed by atoms with E-state index < -0.39 is 0 Å². The molecule has 0 radical (unpaired) electrons. The molecule has 18 heavy (non-hydrogen) atoms. The molecule has 1 amide bonds. The lowest BCUT2D eigenvalue weighted by molar-refractivity contribution is 0.0766. The molecule has 1 aliphatic heterocycles. The summed E-state index contributed by atoms with van der Waals surface area (Å²) in [6.45, 7) is 3.99. The van der Waals surface area contributed by atoms with Crippen molar-refractivity contribution in [1.82, 2.24) is 15.2 Å². The summed E-state index contributed by atoms with van der Waals surface area (Å²) in [4.78, 5) is 11.0. The number of nitrogens with one attached hydrogen (secondary N) is 2. The number of carbonyl (C=O) groups is 1. The lowest BCUT2D eigenvalue weighted by atomic mass is 10.2. The smallest absolute Gasteiger partial charge is 0.250 e. The number of hydrogen-bond donors (Lipinski definition) is 3. The Balaban J connectivity index is 1.80. The van der Waals surface area contributed by atoms with E-state index in [4.69, 9.17) is 10.5 Å². The zero-order valence-corrected chi connectivity index (χ0v) is 10.6. The highest BCUT2D eigenvalue weighted by atomic mass is 16.5. The topological polar surface area (TPSA) is 81.3 Å². The van der Waals surface area contributed by atoms with E-state index in [-0.39, 0.29) is 5.91 Å². The number of nitrogens with zero attached hydrogens (tertiary/aromatic N) is 1. The molecule has 1 unspecified atom stereocenters. The highest BCUT2D eigenvalue weighted by Gasteiger charge is 2.12. The van der Waals surface area contributed by atoms with Crippen molar-refractivity contribution in [2.45, 2.75) is 12.6 Å². The molecule has 1 fully saturated rings. The molecule has 0 saturated carbocycles. The van der Waals surface area contributed by atoms with E-state index in [0.29, 0.717) is 18.2 Å². The molecular weight excluding hydrogens is 232 g/mol. The van der Waals surface area contributed by atoms with E-state index in [9.17, 15) is 4.79 Å². The number of aryl methyl sites for hydroxylation is 1. The molecule has 6 heteroatoms. The second-order valence-corrected chi connectivity index (χ2v) is 4.55. The van der Waals surface area contributed by atoms with Crippen molar-refractivity contribution in [2.75, 3.05) is 26.3 Å². The van der Waals surface area contributed by atoms with Crippen LogP contribution in [0.15, 0.2) is 12.3 Å². The number of ether oxygens (including phenoxy) is 1. The number of primary amides is 1. The molecule has 0 aliphatic carbocycles. The standard InChI is InChI=1S/C12H20N4O2/c1-16-7-9(12(13)17)4-11(16)6-14-5-10-8-18-3-2-15-10/h4,7,10,14-15H,2-3,5-6,8H2,1H3,(H2,13,17). The third-order valence-corrected chi connectivity index (χ3v) is 3.09. The van der Waals surface area contributed by atoms with Crippen LogP contribution in [0, 0.1) is 0 Å². The lowest BCUT2D eigenvalue weighted by Gasteiger charge is -2.24. The van der Waals surface area contributed by atoms with Crippen LogP contribution < -0.4 is 16.4 Å². The van der Waals surface area contributed by atoms with Crippen molar-refractivity contribution in [3.05, 3.63) is 23.5 Å². The van der Waals surface area contributed by atoms with Gasteiger partial charge in [0.1, 0.15) is 0 Å². The number of hydrogen-bond acceptors (Lipinski definition) is 4. The van der Waals surface area contributed by atoms with Crippen LogP contribution in [0.1, 0.15) is 16.1 Å². The summed E-state index contributed by atoms with van der Waals surface area (Å²) in [5, 5.41) is 6.72. The van der Waals surface area contributed by atoms with Gasteiger partial charge in [0.05, 0.1) is 18.8 Å². The predicted octanol–water partition coefficient (Wildman–Crippen LogP) is -0.798. The van der Waals surface area contributed by atoms with E-state index in [1.807, 2.05) is 17.7 Å². The van der Waals surface area contributed by atoms with Gasteiger partial charge in [0.25, 0.3) is 0 Å². The summed E-state index contributed by atoms with van der Waals surface area (Å²) in [5.41, 5.74) is 6.83. The SMILES string of the molecule is Cn1cc(C(N)=O)cc1CNCC1COCCN1. The fourth-order valence-electron chi connectivity index (χ4n) is 2.05. The Bertz CT molecular complexity index is 410. The molecule has 1 saturated heterocycles.